The van der Waals surface area contributed by atoms with Crippen LogP contribution < -0.4 is 4.90 Å². The van der Waals surface area contributed by atoms with Gasteiger partial charge in [0, 0.05) is 39.5 Å². The largest absolute Gasteiger partial charge is 0.416 e. The highest BCUT2D eigenvalue weighted by Crippen LogP contribution is 2.47. The second-order valence-corrected chi connectivity index (χ2v) is 15.3. The number of rotatable bonds is 10. The summed E-state index contributed by atoms with van der Waals surface area (Å²) >= 11 is 0. The van der Waals surface area contributed by atoms with Crippen molar-refractivity contribution in [1.82, 2.24) is 10.2 Å². The maximum absolute atomic E-state index is 6.07. The second kappa shape index (κ2) is 15.2. The van der Waals surface area contributed by atoms with E-state index in [4.69, 9.17) is 4.42 Å². The van der Waals surface area contributed by atoms with Crippen LogP contribution in [0.25, 0.3) is 34.0 Å². The summed E-state index contributed by atoms with van der Waals surface area (Å²) in [6.07, 6.45) is 9.02. The lowest BCUT2D eigenvalue weighted by atomic mass is 9.66. The van der Waals surface area contributed by atoms with Gasteiger partial charge in [0.2, 0.25) is 11.8 Å². The monoisotopic (exact) mass is 717 g/mol. The molecule has 7 aromatic rings. The van der Waals surface area contributed by atoms with Crippen molar-refractivity contribution in [2.24, 2.45) is 0 Å². The molecule has 55 heavy (non-hydrogen) atoms. The van der Waals surface area contributed by atoms with Gasteiger partial charge in [0.25, 0.3) is 0 Å². The molecule has 1 aliphatic rings. The molecule has 0 bridgehead atoms. The van der Waals surface area contributed by atoms with E-state index in [0.717, 1.165) is 28.2 Å². The minimum atomic E-state index is -0.283. The average molecular weight is 718 g/mol. The Morgan fingerprint density at radius 2 is 1.02 bits per heavy atom. The number of aromatic nitrogens is 2. The maximum Gasteiger partial charge on any atom is 0.248 e. The quantitative estimate of drug-likeness (QED) is 0.141. The number of hydrogen-bond acceptors (Lipinski definition) is 4. The molecule has 0 spiro atoms. The normalized spacial score (nSPS) is 16.5. The lowest BCUT2D eigenvalue weighted by molar-refractivity contribution is 0.525. The van der Waals surface area contributed by atoms with Gasteiger partial charge in [-0.3, -0.25) is 0 Å². The first-order valence-corrected chi connectivity index (χ1v) is 19.3. The summed E-state index contributed by atoms with van der Waals surface area (Å²) in [5.74, 6) is 2.10. The molecule has 272 valence electrons. The number of benzene rings is 6. The fraction of sp³-hybridized carbons (Fsp3) is 0.176. The lowest BCUT2D eigenvalue weighted by Crippen LogP contribution is -2.29. The van der Waals surface area contributed by atoms with E-state index in [0.29, 0.717) is 23.6 Å². The van der Waals surface area contributed by atoms with Crippen LogP contribution in [0.15, 0.2) is 180 Å². The molecule has 0 saturated carbocycles. The van der Waals surface area contributed by atoms with Crippen molar-refractivity contribution in [3.05, 3.63) is 198 Å². The molecule has 4 heteroatoms. The van der Waals surface area contributed by atoms with Crippen LogP contribution in [0.3, 0.4) is 0 Å². The minimum absolute atomic E-state index is 0.114. The van der Waals surface area contributed by atoms with Gasteiger partial charge in [-0.25, -0.2) is 0 Å². The Labute approximate surface area is 325 Å². The van der Waals surface area contributed by atoms with Crippen LogP contribution in [-0.4, -0.2) is 10.2 Å². The topological polar surface area (TPSA) is 42.2 Å². The third-order valence-corrected chi connectivity index (χ3v) is 11.1. The highest BCUT2D eigenvalue weighted by molar-refractivity contribution is 5.79. The summed E-state index contributed by atoms with van der Waals surface area (Å²) in [5.41, 5.74) is 12.5. The minimum Gasteiger partial charge on any atom is -0.416 e. The molecule has 0 radical (unpaired) electrons. The Morgan fingerprint density at radius 1 is 0.527 bits per heavy atom. The summed E-state index contributed by atoms with van der Waals surface area (Å²) in [4.78, 5) is 2.36. The van der Waals surface area contributed by atoms with Gasteiger partial charge in [0.1, 0.15) is 0 Å². The van der Waals surface area contributed by atoms with E-state index in [9.17, 15) is 0 Å². The van der Waals surface area contributed by atoms with Gasteiger partial charge in [-0.15, -0.1) is 10.2 Å². The van der Waals surface area contributed by atoms with Gasteiger partial charge >= 0.3 is 0 Å². The van der Waals surface area contributed by atoms with Crippen molar-refractivity contribution in [2.45, 2.75) is 57.8 Å². The average Bonchev–Trinajstić information content (AvgIpc) is 3.73. The van der Waals surface area contributed by atoms with Gasteiger partial charge < -0.3 is 9.32 Å². The molecule has 4 nitrogen and oxygen atoms in total. The van der Waals surface area contributed by atoms with Crippen LogP contribution >= 0.6 is 0 Å². The van der Waals surface area contributed by atoms with Crippen molar-refractivity contribution < 1.29 is 4.42 Å². The molecule has 2 atom stereocenters. The SMILES string of the molecule is CC(C)c1ccc(N(c2ccc(-c3ccccc3C3C=CC=CC3(C)c3ccc(-c4nnc(-c5ccccc5)o4)cc3)cc2)c2ccc(C(C)C)cc2)cc1. The molecule has 8 rings (SSSR count). The fourth-order valence-corrected chi connectivity index (χ4v) is 7.73. The van der Waals surface area contributed by atoms with Crippen molar-refractivity contribution in [3.8, 4) is 34.0 Å². The first-order valence-electron chi connectivity index (χ1n) is 19.3. The maximum atomic E-state index is 6.07. The molecule has 1 heterocycles. The summed E-state index contributed by atoms with van der Waals surface area (Å²) < 4.78 is 6.07. The Bertz CT molecular complexity index is 2370. The molecular weight excluding hydrogens is 671 g/mol. The lowest BCUT2D eigenvalue weighted by Gasteiger charge is -2.37. The zero-order chi connectivity index (χ0) is 37.9. The first-order chi connectivity index (χ1) is 26.8. The highest BCUT2D eigenvalue weighted by atomic mass is 16.4. The molecule has 0 amide bonds. The summed E-state index contributed by atoms with van der Waals surface area (Å²) in [5, 5.41) is 8.66. The number of hydrogen-bond donors (Lipinski definition) is 0. The molecule has 1 aliphatic carbocycles. The summed E-state index contributed by atoms with van der Waals surface area (Å²) in [6, 6.07) is 54.4. The predicted octanol–water partition coefficient (Wildman–Crippen LogP) is 14.0. The van der Waals surface area contributed by atoms with Crippen molar-refractivity contribution >= 4 is 17.1 Å². The molecule has 0 saturated heterocycles. The van der Waals surface area contributed by atoms with Gasteiger partial charge in [-0.2, -0.15) is 0 Å². The molecule has 6 aromatic carbocycles. The van der Waals surface area contributed by atoms with Gasteiger partial charge in [-0.05, 0) is 106 Å². The molecule has 0 aliphatic heterocycles. The van der Waals surface area contributed by atoms with E-state index in [1.54, 1.807) is 0 Å². The van der Waals surface area contributed by atoms with E-state index in [-0.39, 0.29) is 11.3 Å². The zero-order valence-electron chi connectivity index (χ0n) is 32.2. The highest BCUT2D eigenvalue weighted by Gasteiger charge is 2.36. The van der Waals surface area contributed by atoms with E-state index in [2.05, 4.69) is 195 Å². The second-order valence-electron chi connectivity index (χ2n) is 15.3. The molecular formula is C51H47N3O. The summed E-state index contributed by atoms with van der Waals surface area (Å²) in [7, 11) is 0. The Hall–Kier alpha value is -6.26. The third-order valence-electron chi connectivity index (χ3n) is 11.1. The van der Waals surface area contributed by atoms with Crippen LogP contribution in [0.4, 0.5) is 17.1 Å². The van der Waals surface area contributed by atoms with Crippen LogP contribution in [-0.2, 0) is 5.41 Å². The van der Waals surface area contributed by atoms with Gasteiger partial charge in [0.05, 0.1) is 0 Å². The smallest absolute Gasteiger partial charge is 0.248 e. The van der Waals surface area contributed by atoms with E-state index >= 15 is 0 Å². The Balaban J connectivity index is 1.10. The van der Waals surface area contributed by atoms with Crippen molar-refractivity contribution in [2.75, 3.05) is 4.90 Å². The predicted molar refractivity (Wildman–Crippen MR) is 228 cm³/mol. The Kier molecular flexibility index (Phi) is 9.90. The van der Waals surface area contributed by atoms with Crippen LogP contribution in [0.2, 0.25) is 0 Å². The van der Waals surface area contributed by atoms with E-state index < -0.39 is 0 Å². The molecule has 1 aromatic heterocycles. The van der Waals surface area contributed by atoms with Gasteiger partial charge in [-0.1, -0.05) is 150 Å². The molecule has 0 N–H and O–H groups in total. The first kappa shape index (κ1) is 35.8. The standard InChI is InChI=1S/C51H47N3O/c1-35(2)37-20-28-43(29-21-37)54(44-30-22-38(23-31-44)36(3)4)45-32-24-39(25-33-45)46-15-9-10-16-47(46)48-17-11-12-34-51(48,5)42-26-18-41(19-27-42)50-53-52-49(55-50)40-13-7-6-8-14-40/h6-36,48H,1-5H3. The summed E-state index contributed by atoms with van der Waals surface area (Å²) in [6.45, 7) is 11.3. The number of allylic oxidation sites excluding steroid dienone is 4. The van der Waals surface area contributed by atoms with Crippen molar-refractivity contribution in [1.29, 1.82) is 0 Å². The third kappa shape index (κ3) is 7.20. The van der Waals surface area contributed by atoms with Crippen molar-refractivity contribution in [3.63, 3.8) is 0 Å². The van der Waals surface area contributed by atoms with E-state index in [1.807, 2.05) is 30.3 Å². The van der Waals surface area contributed by atoms with Gasteiger partial charge in [0.15, 0.2) is 0 Å². The van der Waals surface area contributed by atoms with Crippen LogP contribution in [0.5, 0.6) is 0 Å². The number of anilines is 3. The molecule has 0 fully saturated rings. The fourth-order valence-electron chi connectivity index (χ4n) is 7.73. The molecule has 2 unspecified atom stereocenters. The van der Waals surface area contributed by atoms with E-state index in [1.165, 1.54) is 33.4 Å². The van der Waals surface area contributed by atoms with Crippen LogP contribution in [0.1, 0.15) is 74.6 Å². The van der Waals surface area contributed by atoms with Crippen LogP contribution in [0, 0.1) is 0 Å². The zero-order valence-corrected chi connectivity index (χ0v) is 32.2. The Morgan fingerprint density at radius 3 is 1.58 bits per heavy atom. The number of nitrogens with zero attached hydrogens (tertiary/aromatic N) is 3.